The Hall–Kier alpha value is -1.49. The molecule has 0 spiro atoms. The van der Waals surface area contributed by atoms with E-state index in [1.165, 1.54) is 0 Å². The summed E-state index contributed by atoms with van der Waals surface area (Å²) in [6.45, 7) is 3.82. The summed E-state index contributed by atoms with van der Waals surface area (Å²) in [6, 6.07) is 0. The van der Waals surface area contributed by atoms with E-state index in [0.29, 0.717) is 6.42 Å². The smallest absolute Gasteiger partial charge is 0.225 e. The molecule has 0 aromatic carbocycles. The van der Waals surface area contributed by atoms with Gasteiger partial charge < -0.3 is 10.2 Å². The lowest BCUT2D eigenvalue weighted by molar-refractivity contribution is 0.0971. The number of hydrogen-bond donors (Lipinski definition) is 1. The van der Waals surface area contributed by atoms with Crippen molar-refractivity contribution in [1.29, 1.82) is 0 Å². The lowest BCUT2D eigenvalue weighted by atomic mass is 9.96. The fraction of sp³-hybridized carbons (Fsp3) is 0.583. The molecule has 0 unspecified atom stereocenters. The van der Waals surface area contributed by atoms with Crippen LogP contribution >= 0.6 is 0 Å². The molecule has 17 heavy (non-hydrogen) atoms. The Balaban J connectivity index is 1.89. The first kappa shape index (κ1) is 10.7. The number of fused-ring (bicyclic) bond motifs is 1. The lowest BCUT2D eigenvalue weighted by Gasteiger charge is -2.28. The molecule has 5 heteroatoms. The molecule has 1 aliphatic heterocycles. The predicted octanol–water partition coefficient (Wildman–Crippen LogP) is 0.405. The van der Waals surface area contributed by atoms with Crippen molar-refractivity contribution >= 4 is 11.7 Å². The molecule has 0 amide bonds. The summed E-state index contributed by atoms with van der Waals surface area (Å²) in [7, 11) is 0. The molecule has 1 aromatic rings. The second-order valence-corrected chi connectivity index (χ2v) is 4.54. The van der Waals surface area contributed by atoms with Gasteiger partial charge in [-0.05, 0) is 12.8 Å². The molecule has 1 fully saturated rings. The zero-order valence-corrected chi connectivity index (χ0v) is 9.78. The molecular weight excluding hydrogens is 216 g/mol. The van der Waals surface area contributed by atoms with Crippen molar-refractivity contribution in [3.63, 3.8) is 0 Å². The van der Waals surface area contributed by atoms with Crippen LogP contribution in [0.3, 0.4) is 0 Å². The normalized spacial score (nSPS) is 20.2. The molecule has 1 saturated heterocycles. The Morgan fingerprint density at radius 3 is 2.88 bits per heavy atom. The summed E-state index contributed by atoms with van der Waals surface area (Å²) < 4.78 is 0. The number of hydrogen-bond acceptors (Lipinski definition) is 5. The predicted molar refractivity (Wildman–Crippen MR) is 64.4 cm³/mol. The van der Waals surface area contributed by atoms with Gasteiger partial charge in [0.2, 0.25) is 5.95 Å². The zero-order chi connectivity index (χ0) is 11.7. The standard InChI is InChI=1S/C12H16N4O/c17-11-3-1-2-10-9(11)8-14-12(15-10)16-6-4-13-5-7-16/h8,13H,1-7H2. The van der Waals surface area contributed by atoms with Gasteiger partial charge in [-0.2, -0.15) is 0 Å². The quantitative estimate of drug-likeness (QED) is 0.759. The highest BCUT2D eigenvalue weighted by Crippen LogP contribution is 2.20. The number of nitrogens with zero attached hydrogens (tertiary/aromatic N) is 3. The maximum Gasteiger partial charge on any atom is 0.225 e. The van der Waals surface area contributed by atoms with Gasteiger partial charge >= 0.3 is 0 Å². The monoisotopic (exact) mass is 232 g/mol. The average molecular weight is 232 g/mol. The van der Waals surface area contributed by atoms with Gasteiger partial charge in [0.05, 0.1) is 11.3 Å². The van der Waals surface area contributed by atoms with Gasteiger partial charge in [0.1, 0.15) is 0 Å². The Morgan fingerprint density at radius 2 is 2.06 bits per heavy atom. The van der Waals surface area contributed by atoms with Crippen molar-refractivity contribution in [1.82, 2.24) is 15.3 Å². The van der Waals surface area contributed by atoms with Crippen LogP contribution in [0.5, 0.6) is 0 Å². The van der Waals surface area contributed by atoms with Crippen molar-refractivity contribution in [2.75, 3.05) is 31.1 Å². The Bertz CT molecular complexity index is 440. The summed E-state index contributed by atoms with van der Waals surface area (Å²) in [5, 5.41) is 3.30. The summed E-state index contributed by atoms with van der Waals surface area (Å²) in [5.74, 6) is 0.970. The van der Waals surface area contributed by atoms with Crippen LogP contribution in [0.2, 0.25) is 0 Å². The third kappa shape index (κ3) is 2.02. The molecule has 0 atom stereocenters. The molecule has 1 aliphatic carbocycles. The van der Waals surface area contributed by atoms with Crippen LogP contribution in [0.25, 0.3) is 0 Å². The second-order valence-electron chi connectivity index (χ2n) is 4.54. The van der Waals surface area contributed by atoms with E-state index in [2.05, 4.69) is 20.2 Å². The molecule has 0 radical (unpaired) electrons. The topological polar surface area (TPSA) is 58.1 Å². The maximum atomic E-state index is 11.7. The number of aryl methyl sites for hydroxylation is 1. The van der Waals surface area contributed by atoms with Crippen LogP contribution in [0.15, 0.2) is 6.20 Å². The molecule has 2 heterocycles. The minimum Gasteiger partial charge on any atom is -0.338 e. The van der Waals surface area contributed by atoms with E-state index in [1.54, 1.807) is 6.20 Å². The zero-order valence-electron chi connectivity index (χ0n) is 9.78. The van der Waals surface area contributed by atoms with Gasteiger partial charge in [-0.3, -0.25) is 4.79 Å². The highest BCUT2D eigenvalue weighted by atomic mass is 16.1. The van der Waals surface area contributed by atoms with E-state index in [4.69, 9.17) is 0 Å². The van der Waals surface area contributed by atoms with E-state index < -0.39 is 0 Å². The van der Waals surface area contributed by atoms with E-state index in [9.17, 15) is 4.79 Å². The maximum absolute atomic E-state index is 11.7. The summed E-state index contributed by atoms with van der Waals surface area (Å²) >= 11 is 0. The first-order valence-corrected chi connectivity index (χ1v) is 6.19. The van der Waals surface area contributed by atoms with Crippen LogP contribution in [0, 0.1) is 0 Å². The Labute approximate surface area is 100 Å². The minimum absolute atomic E-state index is 0.193. The molecular formula is C12H16N4O. The van der Waals surface area contributed by atoms with Gasteiger partial charge in [-0.1, -0.05) is 0 Å². The minimum atomic E-state index is 0.193. The van der Waals surface area contributed by atoms with Crippen LogP contribution in [-0.4, -0.2) is 41.9 Å². The number of nitrogens with one attached hydrogen (secondary N) is 1. The van der Waals surface area contributed by atoms with Gasteiger partial charge in [0, 0.05) is 38.8 Å². The molecule has 3 rings (SSSR count). The van der Waals surface area contributed by atoms with Gasteiger partial charge in [0.15, 0.2) is 5.78 Å². The molecule has 5 nitrogen and oxygen atoms in total. The van der Waals surface area contributed by atoms with Crippen molar-refractivity contribution < 1.29 is 4.79 Å². The number of aromatic nitrogens is 2. The molecule has 90 valence electrons. The largest absolute Gasteiger partial charge is 0.338 e. The Morgan fingerprint density at radius 1 is 1.24 bits per heavy atom. The highest BCUT2D eigenvalue weighted by molar-refractivity contribution is 5.97. The molecule has 1 aromatic heterocycles. The molecule has 2 aliphatic rings. The van der Waals surface area contributed by atoms with Crippen LogP contribution < -0.4 is 10.2 Å². The molecule has 1 N–H and O–H groups in total. The van der Waals surface area contributed by atoms with Crippen molar-refractivity contribution in [3.8, 4) is 0 Å². The summed E-state index contributed by atoms with van der Waals surface area (Å²) in [5.41, 5.74) is 1.67. The van der Waals surface area contributed by atoms with Crippen LogP contribution in [0.1, 0.15) is 28.9 Å². The van der Waals surface area contributed by atoms with Crippen molar-refractivity contribution in [3.05, 3.63) is 17.5 Å². The summed E-state index contributed by atoms with van der Waals surface area (Å²) in [4.78, 5) is 22.7. The van der Waals surface area contributed by atoms with Crippen molar-refractivity contribution in [2.45, 2.75) is 19.3 Å². The van der Waals surface area contributed by atoms with Crippen LogP contribution in [0.4, 0.5) is 5.95 Å². The van der Waals surface area contributed by atoms with Gasteiger partial charge in [-0.25, -0.2) is 9.97 Å². The molecule has 0 bridgehead atoms. The SMILES string of the molecule is O=C1CCCc2nc(N3CCNCC3)ncc21. The van der Waals surface area contributed by atoms with E-state index in [1.807, 2.05) is 0 Å². The van der Waals surface area contributed by atoms with E-state index in [-0.39, 0.29) is 5.78 Å². The summed E-state index contributed by atoms with van der Waals surface area (Å²) in [6.07, 6.45) is 4.18. The third-order valence-electron chi connectivity index (χ3n) is 3.37. The fourth-order valence-corrected chi connectivity index (χ4v) is 2.40. The first-order valence-electron chi connectivity index (χ1n) is 6.19. The average Bonchev–Trinajstić information content (AvgIpc) is 2.40. The first-order chi connectivity index (χ1) is 8.34. The van der Waals surface area contributed by atoms with Gasteiger partial charge in [-0.15, -0.1) is 0 Å². The third-order valence-corrected chi connectivity index (χ3v) is 3.37. The number of anilines is 1. The van der Waals surface area contributed by atoms with Crippen LogP contribution in [-0.2, 0) is 6.42 Å². The number of piperazine rings is 1. The Kier molecular flexibility index (Phi) is 2.76. The van der Waals surface area contributed by atoms with Crippen molar-refractivity contribution in [2.24, 2.45) is 0 Å². The lowest BCUT2D eigenvalue weighted by Crippen LogP contribution is -2.44. The second kappa shape index (κ2) is 4.41. The number of Topliss-reactive ketones (excluding diaryl/α,β-unsaturated/α-hetero) is 1. The highest BCUT2D eigenvalue weighted by Gasteiger charge is 2.21. The number of carbonyl (C=O) groups excluding carboxylic acids is 1. The molecule has 0 saturated carbocycles. The van der Waals surface area contributed by atoms with E-state index in [0.717, 1.165) is 56.2 Å². The van der Waals surface area contributed by atoms with E-state index >= 15 is 0 Å². The fourth-order valence-electron chi connectivity index (χ4n) is 2.40. The number of ketones is 1. The van der Waals surface area contributed by atoms with Gasteiger partial charge in [0.25, 0.3) is 0 Å². The number of rotatable bonds is 1. The number of carbonyl (C=O) groups is 1.